The van der Waals surface area contributed by atoms with Crippen LogP contribution in [0.2, 0.25) is 0 Å². The van der Waals surface area contributed by atoms with Crippen LogP contribution in [0.3, 0.4) is 0 Å². The Bertz CT molecular complexity index is 620. The summed E-state index contributed by atoms with van der Waals surface area (Å²) < 4.78 is 15.9. The highest BCUT2D eigenvalue weighted by molar-refractivity contribution is 5.79. The van der Waals surface area contributed by atoms with Gasteiger partial charge < -0.3 is 24.6 Å². The zero-order valence-electron chi connectivity index (χ0n) is 14.8. The van der Waals surface area contributed by atoms with Crippen molar-refractivity contribution in [2.45, 2.75) is 43.7 Å². The van der Waals surface area contributed by atoms with Gasteiger partial charge in [-0.1, -0.05) is 6.07 Å². The van der Waals surface area contributed by atoms with Crippen LogP contribution in [0, 0.1) is 0 Å². The first-order valence-electron chi connectivity index (χ1n) is 8.21. The van der Waals surface area contributed by atoms with Crippen molar-refractivity contribution >= 4 is 11.9 Å². The van der Waals surface area contributed by atoms with E-state index in [1.807, 2.05) is 0 Å². The molecule has 138 valence electrons. The highest BCUT2D eigenvalue weighted by Gasteiger charge is 2.39. The second kappa shape index (κ2) is 8.20. The Morgan fingerprint density at radius 3 is 2.36 bits per heavy atom. The number of rotatable bonds is 9. The van der Waals surface area contributed by atoms with Gasteiger partial charge in [0.05, 0.1) is 38.7 Å². The van der Waals surface area contributed by atoms with E-state index in [4.69, 9.17) is 14.2 Å². The van der Waals surface area contributed by atoms with E-state index in [9.17, 15) is 14.7 Å². The number of aliphatic carboxylic acids is 1. The first-order valence-corrected chi connectivity index (χ1v) is 8.21. The number of carboxylic acid groups (broad SMARTS) is 1. The van der Waals surface area contributed by atoms with Gasteiger partial charge in [0.25, 0.3) is 0 Å². The van der Waals surface area contributed by atoms with Gasteiger partial charge >= 0.3 is 5.97 Å². The minimum absolute atomic E-state index is 0.220. The maximum Gasteiger partial charge on any atom is 0.305 e. The van der Waals surface area contributed by atoms with E-state index in [0.717, 1.165) is 19.3 Å². The second-order valence-electron chi connectivity index (χ2n) is 6.25. The molecule has 1 aromatic rings. The van der Waals surface area contributed by atoms with Gasteiger partial charge in [0.1, 0.15) is 0 Å². The van der Waals surface area contributed by atoms with E-state index in [2.05, 4.69) is 5.32 Å². The first kappa shape index (κ1) is 19.1. The Morgan fingerprint density at radius 1 is 1.20 bits per heavy atom. The van der Waals surface area contributed by atoms with E-state index < -0.39 is 17.6 Å². The molecule has 1 unspecified atom stereocenters. The molecule has 7 nitrogen and oxygen atoms in total. The van der Waals surface area contributed by atoms with Crippen molar-refractivity contribution in [3.63, 3.8) is 0 Å². The smallest absolute Gasteiger partial charge is 0.305 e. The molecule has 7 heteroatoms. The second-order valence-corrected chi connectivity index (χ2v) is 6.25. The van der Waals surface area contributed by atoms with Crippen molar-refractivity contribution in [2.75, 3.05) is 21.3 Å². The van der Waals surface area contributed by atoms with Gasteiger partial charge in [-0.3, -0.25) is 9.59 Å². The third-order valence-electron chi connectivity index (χ3n) is 4.70. The average molecular weight is 351 g/mol. The van der Waals surface area contributed by atoms with Gasteiger partial charge in [0.15, 0.2) is 11.5 Å². The van der Waals surface area contributed by atoms with Gasteiger partial charge in [-0.2, -0.15) is 0 Å². The molecule has 0 aliphatic heterocycles. The lowest BCUT2D eigenvalue weighted by molar-refractivity contribution is -0.138. The number of ether oxygens (including phenoxy) is 3. The molecule has 25 heavy (non-hydrogen) atoms. The number of nitrogens with one attached hydrogen (secondary N) is 1. The van der Waals surface area contributed by atoms with Crippen molar-refractivity contribution in [3.8, 4) is 11.5 Å². The number of hydrogen-bond acceptors (Lipinski definition) is 5. The maximum atomic E-state index is 12.4. The molecule has 2 N–H and O–H groups in total. The Morgan fingerprint density at radius 2 is 1.88 bits per heavy atom. The standard InChI is InChI=1S/C18H25NO6/c1-23-14-6-5-12(9-15(14)24-2)13(10-17(21)22)19-16(20)11-18(25-3)7-4-8-18/h5-6,9,13H,4,7-8,10-11H2,1-3H3,(H,19,20)(H,21,22). The van der Waals surface area contributed by atoms with E-state index in [-0.39, 0.29) is 18.7 Å². The van der Waals surface area contributed by atoms with Gasteiger partial charge in [-0.15, -0.1) is 0 Å². The zero-order valence-corrected chi connectivity index (χ0v) is 14.8. The highest BCUT2D eigenvalue weighted by atomic mass is 16.5. The summed E-state index contributed by atoms with van der Waals surface area (Å²) in [4.78, 5) is 23.6. The Kier molecular flexibility index (Phi) is 6.25. The lowest BCUT2D eigenvalue weighted by Crippen LogP contribution is -2.44. The fourth-order valence-corrected chi connectivity index (χ4v) is 3.06. The van der Waals surface area contributed by atoms with Crippen molar-refractivity contribution in [3.05, 3.63) is 23.8 Å². The Balaban J connectivity index is 2.15. The van der Waals surface area contributed by atoms with Crippen LogP contribution in [0.25, 0.3) is 0 Å². The lowest BCUT2D eigenvalue weighted by Gasteiger charge is -2.40. The monoisotopic (exact) mass is 351 g/mol. The molecule has 1 saturated carbocycles. The summed E-state index contributed by atoms with van der Waals surface area (Å²) in [6.07, 6.45) is 2.73. The predicted octanol–water partition coefficient (Wildman–Crippen LogP) is 2.29. The average Bonchev–Trinajstić information content (AvgIpc) is 2.56. The van der Waals surface area contributed by atoms with Crippen LogP contribution >= 0.6 is 0 Å². The molecule has 1 aliphatic rings. The van der Waals surface area contributed by atoms with Crippen molar-refractivity contribution in [2.24, 2.45) is 0 Å². The predicted molar refractivity (Wildman–Crippen MR) is 90.9 cm³/mol. The Hall–Kier alpha value is -2.28. The molecule has 0 aromatic heterocycles. The molecule has 0 bridgehead atoms. The summed E-state index contributed by atoms with van der Waals surface area (Å²) in [7, 11) is 4.64. The molecule has 1 fully saturated rings. The minimum Gasteiger partial charge on any atom is -0.493 e. The summed E-state index contributed by atoms with van der Waals surface area (Å²) in [5, 5.41) is 12.0. The fraction of sp³-hybridized carbons (Fsp3) is 0.556. The largest absolute Gasteiger partial charge is 0.493 e. The molecule has 1 aromatic carbocycles. The number of carbonyl (C=O) groups is 2. The molecule has 0 saturated heterocycles. The number of carbonyl (C=O) groups excluding carboxylic acids is 1. The van der Waals surface area contributed by atoms with Crippen molar-refractivity contribution in [1.82, 2.24) is 5.32 Å². The van der Waals surface area contributed by atoms with E-state index in [1.54, 1.807) is 25.3 Å². The van der Waals surface area contributed by atoms with E-state index in [0.29, 0.717) is 17.1 Å². The molecule has 0 spiro atoms. The van der Waals surface area contributed by atoms with Gasteiger partial charge in [-0.05, 0) is 37.0 Å². The molecule has 1 atom stereocenters. The topological polar surface area (TPSA) is 94.1 Å². The van der Waals surface area contributed by atoms with Crippen molar-refractivity contribution < 1.29 is 28.9 Å². The van der Waals surface area contributed by atoms with E-state index >= 15 is 0 Å². The van der Waals surface area contributed by atoms with Crippen LogP contribution in [0.4, 0.5) is 0 Å². The SMILES string of the molecule is COc1ccc(C(CC(=O)O)NC(=O)CC2(OC)CCC2)cc1OC. The molecule has 2 rings (SSSR count). The summed E-state index contributed by atoms with van der Waals surface area (Å²) >= 11 is 0. The molecule has 0 heterocycles. The molecular formula is C18H25NO6. The van der Waals surface area contributed by atoms with Crippen LogP contribution in [-0.4, -0.2) is 43.9 Å². The van der Waals surface area contributed by atoms with Gasteiger partial charge in [-0.25, -0.2) is 0 Å². The Labute approximate surface area is 147 Å². The van der Waals surface area contributed by atoms with E-state index in [1.165, 1.54) is 14.2 Å². The molecule has 0 radical (unpaired) electrons. The number of methoxy groups -OCH3 is 3. The highest BCUT2D eigenvalue weighted by Crippen LogP contribution is 2.38. The van der Waals surface area contributed by atoms with Crippen LogP contribution in [0.15, 0.2) is 18.2 Å². The third-order valence-corrected chi connectivity index (χ3v) is 4.70. The maximum absolute atomic E-state index is 12.4. The van der Waals surface area contributed by atoms with Crippen LogP contribution < -0.4 is 14.8 Å². The molecule has 1 amide bonds. The summed E-state index contributed by atoms with van der Waals surface area (Å²) in [6, 6.07) is 4.45. The number of benzene rings is 1. The summed E-state index contributed by atoms with van der Waals surface area (Å²) in [5.41, 5.74) is 0.239. The number of amides is 1. The summed E-state index contributed by atoms with van der Waals surface area (Å²) in [6.45, 7) is 0. The zero-order chi connectivity index (χ0) is 18.4. The molecule has 1 aliphatic carbocycles. The van der Waals surface area contributed by atoms with Crippen LogP contribution in [-0.2, 0) is 14.3 Å². The molecular weight excluding hydrogens is 326 g/mol. The summed E-state index contributed by atoms with van der Waals surface area (Å²) in [5.74, 6) is -0.191. The normalized spacial score (nSPS) is 16.4. The first-order chi connectivity index (χ1) is 11.9. The quantitative estimate of drug-likeness (QED) is 0.709. The van der Waals surface area contributed by atoms with Crippen LogP contribution in [0.1, 0.15) is 43.7 Å². The van der Waals surface area contributed by atoms with Gasteiger partial charge in [0.2, 0.25) is 5.91 Å². The van der Waals surface area contributed by atoms with Crippen molar-refractivity contribution in [1.29, 1.82) is 0 Å². The minimum atomic E-state index is -0.995. The third kappa shape index (κ3) is 4.63. The number of carboxylic acids is 1. The lowest BCUT2D eigenvalue weighted by atomic mass is 9.77. The fourth-order valence-electron chi connectivity index (χ4n) is 3.06. The number of hydrogen-bond donors (Lipinski definition) is 2. The van der Waals surface area contributed by atoms with Crippen LogP contribution in [0.5, 0.6) is 11.5 Å². The van der Waals surface area contributed by atoms with Gasteiger partial charge in [0, 0.05) is 7.11 Å².